The van der Waals surface area contributed by atoms with Gasteiger partial charge in [0.2, 0.25) is 0 Å². The topological polar surface area (TPSA) is 46.5 Å². The minimum Gasteiger partial charge on any atom is -0.469 e. The van der Waals surface area contributed by atoms with Crippen LogP contribution in [0.25, 0.3) is 16.8 Å². The third-order valence-electron chi connectivity index (χ3n) is 4.18. The summed E-state index contributed by atoms with van der Waals surface area (Å²) in [6.45, 7) is 0. The number of allylic oxidation sites excluding steroid dienone is 1. The number of aliphatic hydroxyl groups excluding tert-OH is 1. The van der Waals surface area contributed by atoms with Crippen LogP contribution in [-0.4, -0.2) is 24.3 Å². The predicted molar refractivity (Wildman–Crippen MR) is 91.8 cm³/mol. The highest BCUT2D eigenvalue weighted by Gasteiger charge is 2.25. The predicted octanol–water partition coefficient (Wildman–Crippen LogP) is 3.72. The molecule has 3 heteroatoms. The van der Waals surface area contributed by atoms with Crippen molar-refractivity contribution in [2.24, 2.45) is 5.92 Å². The van der Waals surface area contributed by atoms with Crippen LogP contribution in [0.5, 0.6) is 0 Å². The number of methoxy groups -OCH3 is 1. The zero-order valence-electron chi connectivity index (χ0n) is 13.1. The fourth-order valence-electron chi connectivity index (χ4n) is 3.00. The molecule has 0 fully saturated rings. The summed E-state index contributed by atoms with van der Waals surface area (Å²) >= 11 is 0. The van der Waals surface area contributed by atoms with E-state index in [4.69, 9.17) is 4.74 Å². The Morgan fingerprint density at radius 1 is 1.17 bits per heavy atom. The fourth-order valence-corrected chi connectivity index (χ4v) is 3.00. The van der Waals surface area contributed by atoms with E-state index >= 15 is 0 Å². The van der Waals surface area contributed by atoms with Crippen molar-refractivity contribution in [3.8, 4) is 0 Å². The number of rotatable bonds is 3. The smallest absolute Gasteiger partial charge is 0.312 e. The molecule has 0 bridgehead atoms. The summed E-state index contributed by atoms with van der Waals surface area (Å²) in [5.41, 5.74) is 2.06. The maximum atomic E-state index is 11.7. The Bertz CT molecular complexity index is 773. The highest BCUT2D eigenvalue weighted by Crippen LogP contribution is 2.26. The van der Waals surface area contributed by atoms with Crippen LogP contribution in [0.3, 0.4) is 0 Å². The van der Waals surface area contributed by atoms with Crippen LogP contribution in [0.2, 0.25) is 0 Å². The van der Waals surface area contributed by atoms with E-state index in [1.54, 1.807) is 0 Å². The molecule has 0 spiro atoms. The van der Waals surface area contributed by atoms with Crippen LogP contribution in [0, 0.1) is 5.92 Å². The molecule has 0 aromatic heterocycles. The lowest BCUT2D eigenvalue weighted by molar-refractivity contribution is -0.144. The average molecular weight is 308 g/mol. The van der Waals surface area contributed by atoms with Gasteiger partial charge in [0.25, 0.3) is 0 Å². The largest absolute Gasteiger partial charge is 0.469 e. The van der Waals surface area contributed by atoms with E-state index in [0.717, 1.165) is 11.1 Å². The molecule has 0 heterocycles. The third kappa shape index (κ3) is 3.69. The minimum absolute atomic E-state index is 0.291. The monoisotopic (exact) mass is 308 g/mol. The molecule has 0 aliphatic heterocycles. The Hall–Kier alpha value is -2.39. The van der Waals surface area contributed by atoms with Crippen molar-refractivity contribution in [1.82, 2.24) is 0 Å². The Labute approximate surface area is 135 Å². The Morgan fingerprint density at radius 2 is 1.96 bits per heavy atom. The fraction of sp³-hybridized carbons (Fsp3) is 0.250. The van der Waals surface area contributed by atoms with E-state index in [2.05, 4.69) is 30.3 Å². The molecule has 1 N–H and O–H groups in total. The summed E-state index contributed by atoms with van der Waals surface area (Å²) in [7, 11) is 1.38. The molecule has 1 aliphatic rings. The van der Waals surface area contributed by atoms with Gasteiger partial charge in [-0.15, -0.1) is 0 Å². The summed E-state index contributed by atoms with van der Waals surface area (Å²) in [5, 5.41) is 12.4. The van der Waals surface area contributed by atoms with Crippen molar-refractivity contribution < 1.29 is 14.6 Å². The van der Waals surface area contributed by atoms with Crippen molar-refractivity contribution in [2.45, 2.75) is 18.9 Å². The second kappa shape index (κ2) is 6.80. The summed E-state index contributed by atoms with van der Waals surface area (Å²) in [6, 6.07) is 14.5. The quantitative estimate of drug-likeness (QED) is 0.879. The molecule has 2 atom stereocenters. The normalized spacial score (nSPS) is 21.4. The number of fused-ring (bicyclic) bond motifs is 1. The number of hydrogen-bond acceptors (Lipinski definition) is 3. The molecule has 2 aromatic carbocycles. The molecule has 0 amide bonds. The van der Waals surface area contributed by atoms with E-state index < -0.39 is 6.10 Å². The summed E-state index contributed by atoms with van der Waals surface area (Å²) in [6.07, 6.45) is 6.39. The van der Waals surface area contributed by atoms with Gasteiger partial charge in [0.05, 0.1) is 19.1 Å². The number of aliphatic hydroxyl groups is 1. The Kier molecular flexibility index (Phi) is 4.58. The highest BCUT2D eigenvalue weighted by molar-refractivity contribution is 5.84. The second-order valence-corrected chi connectivity index (χ2v) is 5.90. The number of esters is 1. The van der Waals surface area contributed by atoms with E-state index in [1.807, 2.05) is 30.4 Å². The minimum atomic E-state index is -0.500. The SMILES string of the molecule is COC(=O)[C@@H]1C=C(/C=C/c2ccc3ccccc3c2)C[C@H](O)C1. The van der Waals surface area contributed by atoms with Gasteiger partial charge in [-0.05, 0) is 40.8 Å². The van der Waals surface area contributed by atoms with Gasteiger partial charge in [0, 0.05) is 0 Å². The zero-order chi connectivity index (χ0) is 16.2. The summed E-state index contributed by atoms with van der Waals surface area (Å²) < 4.78 is 4.78. The first-order chi connectivity index (χ1) is 11.2. The standard InChI is InChI=1S/C20H20O3/c1-23-20(22)18-11-15(12-19(21)13-18)7-6-14-8-9-16-4-2-3-5-17(16)10-14/h2-11,18-19,21H,12-13H2,1H3/b7-6+/t18-,19+/m1/s1. The molecule has 23 heavy (non-hydrogen) atoms. The van der Waals surface area contributed by atoms with Gasteiger partial charge >= 0.3 is 5.97 Å². The van der Waals surface area contributed by atoms with E-state index in [0.29, 0.717) is 12.8 Å². The molecule has 1 aliphatic carbocycles. The summed E-state index contributed by atoms with van der Waals surface area (Å²) in [4.78, 5) is 11.7. The van der Waals surface area contributed by atoms with Gasteiger partial charge in [0.1, 0.15) is 0 Å². The average Bonchev–Trinajstić information content (AvgIpc) is 2.58. The van der Waals surface area contributed by atoms with Gasteiger partial charge in [-0.3, -0.25) is 4.79 Å². The van der Waals surface area contributed by atoms with Crippen LogP contribution < -0.4 is 0 Å². The van der Waals surface area contributed by atoms with Crippen LogP contribution >= 0.6 is 0 Å². The first-order valence-corrected chi connectivity index (χ1v) is 7.79. The van der Waals surface area contributed by atoms with Crippen molar-refractivity contribution in [3.05, 3.63) is 65.8 Å². The van der Waals surface area contributed by atoms with Gasteiger partial charge < -0.3 is 9.84 Å². The zero-order valence-corrected chi connectivity index (χ0v) is 13.1. The van der Waals surface area contributed by atoms with E-state index in [1.165, 1.54) is 17.9 Å². The van der Waals surface area contributed by atoms with Crippen LogP contribution in [0.4, 0.5) is 0 Å². The van der Waals surface area contributed by atoms with E-state index in [9.17, 15) is 9.90 Å². The lowest BCUT2D eigenvalue weighted by Crippen LogP contribution is -2.25. The molecule has 3 nitrogen and oxygen atoms in total. The molecule has 0 saturated carbocycles. The maximum Gasteiger partial charge on any atom is 0.312 e. The Balaban J connectivity index is 1.82. The lowest BCUT2D eigenvalue weighted by atomic mass is 9.88. The van der Waals surface area contributed by atoms with Gasteiger partial charge in [-0.2, -0.15) is 0 Å². The van der Waals surface area contributed by atoms with Crippen LogP contribution in [0.1, 0.15) is 18.4 Å². The lowest BCUT2D eigenvalue weighted by Gasteiger charge is -2.22. The second-order valence-electron chi connectivity index (χ2n) is 5.90. The maximum absolute atomic E-state index is 11.7. The number of ether oxygens (including phenoxy) is 1. The highest BCUT2D eigenvalue weighted by atomic mass is 16.5. The van der Waals surface area contributed by atoms with Crippen molar-refractivity contribution in [2.75, 3.05) is 7.11 Å². The molecule has 0 unspecified atom stereocenters. The third-order valence-corrected chi connectivity index (χ3v) is 4.18. The number of carbonyl (C=O) groups is 1. The molecule has 0 radical (unpaired) electrons. The molecule has 0 saturated heterocycles. The molecule has 2 aromatic rings. The molecule has 118 valence electrons. The molecular formula is C20H20O3. The van der Waals surface area contributed by atoms with Gasteiger partial charge in [-0.25, -0.2) is 0 Å². The molecular weight excluding hydrogens is 288 g/mol. The number of hydrogen-bond donors (Lipinski definition) is 1. The summed E-state index contributed by atoms with van der Waals surface area (Å²) in [5.74, 6) is -0.652. The van der Waals surface area contributed by atoms with Gasteiger partial charge in [0.15, 0.2) is 0 Å². The van der Waals surface area contributed by atoms with Crippen LogP contribution in [-0.2, 0) is 9.53 Å². The number of benzene rings is 2. The van der Waals surface area contributed by atoms with Crippen molar-refractivity contribution in [1.29, 1.82) is 0 Å². The van der Waals surface area contributed by atoms with E-state index in [-0.39, 0.29) is 11.9 Å². The van der Waals surface area contributed by atoms with Crippen molar-refractivity contribution >= 4 is 22.8 Å². The van der Waals surface area contributed by atoms with Crippen LogP contribution in [0.15, 0.2) is 60.2 Å². The Morgan fingerprint density at radius 3 is 2.74 bits per heavy atom. The number of carbonyl (C=O) groups excluding carboxylic acids is 1. The molecule has 3 rings (SSSR count). The van der Waals surface area contributed by atoms with Gasteiger partial charge in [-0.1, -0.05) is 54.6 Å². The first kappa shape index (κ1) is 15.5. The first-order valence-electron chi connectivity index (χ1n) is 7.79. The van der Waals surface area contributed by atoms with Crippen molar-refractivity contribution in [3.63, 3.8) is 0 Å².